The van der Waals surface area contributed by atoms with Crippen molar-refractivity contribution in [3.63, 3.8) is 0 Å². The van der Waals surface area contributed by atoms with Crippen molar-refractivity contribution in [1.29, 1.82) is 0 Å². The molecule has 1 atom stereocenters. The Morgan fingerprint density at radius 3 is 2.36 bits per heavy atom. The maximum absolute atomic E-state index is 13.6. The highest BCUT2D eigenvalue weighted by atomic mass is 32.2. The van der Waals surface area contributed by atoms with Crippen LogP contribution in [0.25, 0.3) is 17.0 Å². The fourth-order valence-electron chi connectivity index (χ4n) is 4.57. The van der Waals surface area contributed by atoms with Crippen LogP contribution in [0.1, 0.15) is 29.3 Å². The number of aromatic amines is 1. The number of anilines is 2. The van der Waals surface area contributed by atoms with Crippen molar-refractivity contribution in [2.45, 2.75) is 23.5 Å². The van der Waals surface area contributed by atoms with Crippen LogP contribution in [0, 0.1) is 0 Å². The number of hydrogen-bond acceptors (Lipinski definition) is 5. The predicted molar refractivity (Wildman–Crippen MR) is 177 cm³/mol. The van der Waals surface area contributed by atoms with Gasteiger partial charge in [-0.05, 0) is 61.0 Å². The summed E-state index contributed by atoms with van der Waals surface area (Å²) >= 11 is 1.41. The molecular weight excluding hydrogens is 572 g/mol. The number of aromatic nitrogens is 1. The molecular formula is C35H32N4O4S. The molecule has 0 saturated carbocycles. The topological polar surface area (TPSA) is 112 Å². The van der Waals surface area contributed by atoms with Crippen LogP contribution in [-0.4, -0.2) is 35.1 Å². The average molecular weight is 605 g/mol. The van der Waals surface area contributed by atoms with E-state index in [9.17, 15) is 14.4 Å². The third-order valence-electron chi connectivity index (χ3n) is 6.82. The molecule has 5 aromatic rings. The molecule has 44 heavy (non-hydrogen) atoms. The Balaban J connectivity index is 1.34. The summed E-state index contributed by atoms with van der Waals surface area (Å²) in [6.07, 6.45) is 4.05. The molecule has 0 aliphatic rings. The molecule has 222 valence electrons. The highest BCUT2D eigenvalue weighted by molar-refractivity contribution is 8.00. The summed E-state index contributed by atoms with van der Waals surface area (Å²) in [5.41, 5.74) is 3.38. The van der Waals surface area contributed by atoms with Gasteiger partial charge in [-0.3, -0.25) is 14.4 Å². The molecule has 4 N–H and O–H groups in total. The number of nitrogens with one attached hydrogen (secondary N) is 4. The number of H-pyrrole nitrogens is 1. The summed E-state index contributed by atoms with van der Waals surface area (Å²) in [5.74, 6) is -0.355. The fraction of sp³-hybridized carbons (Fsp3) is 0.114. The Hall–Kier alpha value is -5.28. The van der Waals surface area contributed by atoms with E-state index in [-0.39, 0.29) is 16.9 Å². The van der Waals surface area contributed by atoms with Crippen molar-refractivity contribution in [1.82, 2.24) is 10.3 Å². The molecule has 9 heteroatoms. The van der Waals surface area contributed by atoms with Crippen LogP contribution in [-0.2, 0) is 9.59 Å². The lowest BCUT2D eigenvalue weighted by Gasteiger charge is -2.16. The smallest absolute Gasteiger partial charge is 0.272 e. The van der Waals surface area contributed by atoms with Gasteiger partial charge < -0.3 is 25.7 Å². The highest BCUT2D eigenvalue weighted by Gasteiger charge is 2.20. The zero-order valence-electron chi connectivity index (χ0n) is 24.3. The normalized spacial score (nSPS) is 11.9. The number of amides is 3. The Labute approximate surface area is 259 Å². The zero-order valence-corrected chi connectivity index (χ0v) is 25.1. The summed E-state index contributed by atoms with van der Waals surface area (Å²) in [7, 11) is 1.58. The first kappa shape index (κ1) is 30.2. The molecule has 0 bridgehead atoms. The van der Waals surface area contributed by atoms with Gasteiger partial charge in [0.2, 0.25) is 5.91 Å². The lowest BCUT2D eigenvalue weighted by molar-refractivity contribution is -0.116. The van der Waals surface area contributed by atoms with Crippen LogP contribution in [0.4, 0.5) is 11.4 Å². The summed E-state index contributed by atoms with van der Waals surface area (Å²) in [6, 6.07) is 31.0. The number of ether oxygens (including phenoxy) is 1. The van der Waals surface area contributed by atoms with Crippen molar-refractivity contribution in [3.8, 4) is 5.75 Å². The monoisotopic (exact) mass is 604 g/mol. The van der Waals surface area contributed by atoms with Crippen LogP contribution in [0.3, 0.4) is 0 Å². The first-order chi connectivity index (χ1) is 21.4. The van der Waals surface area contributed by atoms with Crippen LogP contribution in [0.2, 0.25) is 0 Å². The standard InChI is InChI=1S/C35H32N4O4S/c1-3-32(35(42)38-25-13-9-15-27(20-25)43-2)44-28-16-10-14-26(21-28)37-34(41)31(39-33(40)23-11-5-4-6-12-23)19-24-22-36-30-18-8-7-17-29(24)30/h4-22,32,36H,3H2,1-2H3,(H,37,41)(H,38,42)(H,39,40)/b31-19-. The lowest BCUT2D eigenvalue weighted by Crippen LogP contribution is -2.30. The molecule has 0 aliphatic heterocycles. The minimum atomic E-state index is -0.482. The van der Waals surface area contributed by atoms with E-state index in [0.29, 0.717) is 29.1 Å². The Morgan fingerprint density at radius 2 is 1.59 bits per heavy atom. The van der Waals surface area contributed by atoms with Gasteiger partial charge in [-0.15, -0.1) is 11.8 Å². The van der Waals surface area contributed by atoms with Crippen molar-refractivity contribution in [2.24, 2.45) is 0 Å². The van der Waals surface area contributed by atoms with Gasteiger partial charge in [-0.2, -0.15) is 0 Å². The molecule has 0 saturated heterocycles. The third kappa shape index (κ3) is 7.56. The molecule has 1 aromatic heterocycles. The minimum absolute atomic E-state index is 0.0887. The number of carbonyl (C=O) groups is 3. The van der Waals surface area contributed by atoms with E-state index in [1.54, 1.807) is 55.8 Å². The third-order valence-corrected chi connectivity index (χ3v) is 8.18. The Bertz CT molecular complexity index is 1820. The van der Waals surface area contributed by atoms with Crippen molar-refractivity contribution < 1.29 is 19.1 Å². The summed E-state index contributed by atoms with van der Waals surface area (Å²) in [5, 5.41) is 9.21. The summed E-state index contributed by atoms with van der Waals surface area (Å²) < 4.78 is 5.25. The largest absolute Gasteiger partial charge is 0.497 e. The zero-order chi connectivity index (χ0) is 30.9. The molecule has 3 amide bonds. The molecule has 0 fully saturated rings. The number of fused-ring (bicyclic) bond motifs is 1. The van der Waals surface area contributed by atoms with Gasteiger partial charge in [0.15, 0.2) is 0 Å². The maximum atomic E-state index is 13.6. The van der Waals surface area contributed by atoms with Gasteiger partial charge in [0.25, 0.3) is 11.8 Å². The first-order valence-corrected chi connectivity index (χ1v) is 15.0. The van der Waals surface area contributed by atoms with Gasteiger partial charge in [0.05, 0.1) is 12.4 Å². The molecule has 0 spiro atoms. The van der Waals surface area contributed by atoms with E-state index in [1.165, 1.54) is 11.8 Å². The highest BCUT2D eigenvalue weighted by Crippen LogP contribution is 2.29. The molecule has 0 aliphatic carbocycles. The fourth-order valence-corrected chi connectivity index (χ4v) is 5.58. The second-order valence-electron chi connectivity index (χ2n) is 9.89. The van der Waals surface area contributed by atoms with E-state index in [0.717, 1.165) is 21.4 Å². The number of methoxy groups -OCH3 is 1. The van der Waals surface area contributed by atoms with Gasteiger partial charge in [-0.25, -0.2) is 0 Å². The number of carbonyl (C=O) groups excluding carboxylic acids is 3. The minimum Gasteiger partial charge on any atom is -0.497 e. The van der Waals surface area contributed by atoms with E-state index in [4.69, 9.17) is 4.74 Å². The molecule has 0 radical (unpaired) electrons. The summed E-state index contributed by atoms with van der Waals surface area (Å²) in [6.45, 7) is 1.95. The molecule has 4 aromatic carbocycles. The molecule has 1 heterocycles. The number of thioether (sulfide) groups is 1. The van der Waals surface area contributed by atoms with Crippen LogP contribution in [0.5, 0.6) is 5.75 Å². The van der Waals surface area contributed by atoms with E-state index in [2.05, 4.69) is 20.9 Å². The second-order valence-corrected chi connectivity index (χ2v) is 11.2. The Morgan fingerprint density at radius 1 is 0.864 bits per heavy atom. The van der Waals surface area contributed by atoms with Gasteiger partial charge in [0, 0.05) is 50.6 Å². The van der Waals surface area contributed by atoms with E-state index >= 15 is 0 Å². The van der Waals surface area contributed by atoms with Crippen LogP contribution >= 0.6 is 11.8 Å². The van der Waals surface area contributed by atoms with Gasteiger partial charge in [-0.1, -0.05) is 55.5 Å². The predicted octanol–water partition coefficient (Wildman–Crippen LogP) is 7.10. The molecule has 8 nitrogen and oxygen atoms in total. The van der Waals surface area contributed by atoms with Crippen molar-refractivity contribution in [3.05, 3.63) is 126 Å². The lowest BCUT2D eigenvalue weighted by atomic mass is 10.1. The second kappa shape index (κ2) is 14.3. The van der Waals surface area contributed by atoms with Gasteiger partial charge >= 0.3 is 0 Å². The molecule has 5 rings (SSSR count). The van der Waals surface area contributed by atoms with Crippen LogP contribution < -0.4 is 20.7 Å². The van der Waals surface area contributed by atoms with Crippen molar-refractivity contribution in [2.75, 3.05) is 17.7 Å². The maximum Gasteiger partial charge on any atom is 0.272 e. The summed E-state index contributed by atoms with van der Waals surface area (Å²) in [4.78, 5) is 43.7. The van der Waals surface area contributed by atoms with Crippen LogP contribution in [0.15, 0.2) is 120 Å². The SMILES string of the molecule is CCC(Sc1cccc(NC(=O)/C(=C/c2c[nH]c3ccccc23)NC(=O)c2ccccc2)c1)C(=O)Nc1cccc(OC)c1. The van der Waals surface area contributed by atoms with Crippen molar-refractivity contribution >= 4 is 57.8 Å². The number of rotatable bonds is 11. The average Bonchev–Trinajstić information content (AvgIpc) is 3.46. The molecule has 1 unspecified atom stereocenters. The quantitative estimate of drug-likeness (QED) is 0.0950. The number of para-hydroxylation sites is 1. The Kier molecular flexibility index (Phi) is 9.78. The van der Waals surface area contributed by atoms with Gasteiger partial charge in [0.1, 0.15) is 11.4 Å². The van der Waals surface area contributed by atoms with E-state index < -0.39 is 11.8 Å². The number of benzene rings is 4. The first-order valence-electron chi connectivity index (χ1n) is 14.1. The van der Waals surface area contributed by atoms with E-state index in [1.807, 2.05) is 73.7 Å². The number of hydrogen-bond donors (Lipinski definition) is 4.